The van der Waals surface area contributed by atoms with Gasteiger partial charge in [0.25, 0.3) is 0 Å². The van der Waals surface area contributed by atoms with Crippen LogP contribution in [0.5, 0.6) is 0 Å². The second-order valence-corrected chi connectivity index (χ2v) is 3.13. The van der Waals surface area contributed by atoms with Gasteiger partial charge in [-0.3, -0.25) is 0 Å². The molecule has 0 radical (unpaired) electrons. The Morgan fingerprint density at radius 1 is 1.42 bits per heavy atom. The number of hydrogen-bond donors (Lipinski definition) is 0. The second kappa shape index (κ2) is 3.53. The molecule has 0 fully saturated rings. The molecule has 0 atom stereocenters. The van der Waals surface area contributed by atoms with Crippen LogP contribution < -0.4 is 0 Å². The lowest BCUT2D eigenvalue weighted by atomic mass is 9.97. The van der Waals surface area contributed by atoms with E-state index < -0.39 is 0 Å². The van der Waals surface area contributed by atoms with Crippen LogP contribution in [-0.4, -0.2) is 0 Å². The van der Waals surface area contributed by atoms with Crippen LogP contribution in [0.3, 0.4) is 0 Å². The van der Waals surface area contributed by atoms with Crippen LogP contribution >= 0.6 is 0 Å². The lowest BCUT2D eigenvalue weighted by Gasteiger charge is -2.09. The highest BCUT2D eigenvalue weighted by Crippen LogP contribution is 2.21. The van der Waals surface area contributed by atoms with Crippen molar-refractivity contribution in [2.75, 3.05) is 0 Å². The van der Waals surface area contributed by atoms with Gasteiger partial charge in [0.1, 0.15) is 5.82 Å². The maximum atomic E-state index is 12.8. The van der Waals surface area contributed by atoms with E-state index >= 15 is 0 Å². The molecule has 0 bridgehead atoms. The zero-order valence-electron chi connectivity index (χ0n) is 7.47. The quantitative estimate of drug-likeness (QED) is 0.626. The largest absolute Gasteiger partial charge is 0.207 e. The van der Waals surface area contributed by atoms with E-state index in [0.717, 1.165) is 11.1 Å². The highest BCUT2D eigenvalue weighted by atomic mass is 19.1. The second-order valence-electron chi connectivity index (χ2n) is 3.13. The predicted molar refractivity (Wildman–Crippen MR) is 50.6 cm³/mol. The summed E-state index contributed by atoms with van der Waals surface area (Å²) in [6.07, 6.45) is 1.76. The Labute approximate surface area is 72.7 Å². The van der Waals surface area contributed by atoms with Crippen molar-refractivity contribution in [3.8, 4) is 0 Å². The van der Waals surface area contributed by atoms with Crippen LogP contribution in [0, 0.1) is 5.82 Å². The number of benzene rings is 1. The summed E-state index contributed by atoms with van der Waals surface area (Å²) < 4.78 is 12.8. The molecule has 1 rings (SSSR count). The summed E-state index contributed by atoms with van der Waals surface area (Å²) in [5.41, 5.74) is 2.04. The molecule has 0 aliphatic rings. The average molecular weight is 164 g/mol. The molecule has 0 saturated heterocycles. The van der Waals surface area contributed by atoms with E-state index in [-0.39, 0.29) is 5.82 Å². The Balaban J connectivity index is 3.21. The van der Waals surface area contributed by atoms with E-state index in [9.17, 15) is 4.39 Å². The summed E-state index contributed by atoms with van der Waals surface area (Å²) in [7, 11) is 0. The van der Waals surface area contributed by atoms with E-state index in [1.165, 1.54) is 6.07 Å². The first-order chi connectivity index (χ1) is 5.65. The Hall–Kier alpha value is -1.11. The Bertz CT molecular complexity index is 287. The van der Waals surface area contributed by atoms with E-state index in [1.54, 1.807) is 18.2 Å². The van der Waals surface area contributed by atoms with Gasteiger partial charge >= 0.3 is 0 Å². The highest BCUT2D eigenvalue weighted by molar-refractivity contribution is 5.52. The molecule has 0 N–H and O–H groups in total. The SMILES string of the molecule is C=Cc1ccc(F)cc1C(C)C. The van der Waals surface area contributed by atoms with Crippen molar-refractivity contribution < 1.29 is 4.39 Å². The molecule has 0 amide bonds. The maximum Gasteiger partial charge on any atom is 0.123 e. The molecule has 1 aromatic carbocycles. The lowest BCUT2D eigenvalue weighted by molar-refractivity contribution is 0.623. The summed E-state index contributed by atoms with van der Waals surface area (Å²) in [4.78, 5) is 0. The number of rotatable bonds is 2. The summed E-state index contributed by atoms with van der Waals surface area (Å²) in [5, 5.41) is 0. The van der Waals surface area contributed by atoms with E-state index in [0.29, 0.717) is 5.92 Å². The van der Waals surface area contributed by atoms with Gasteiger partial charge in [0.05, 0.1) is 0 Å². The Morgan fingerprint density at radius 3 is 2.58 bits per heavy atom. The van der Waals surface area contributed by atoms with Crippen molar-refractivity contribution in [3.63, 3.8) is 0 Å². The van der Waals surface area contributed by atoms with Crippen LogP contribution in [0.25, 0.3) is 6.08 Å². The molecule has 0 aromatic heterocycles. The molecule has 0 nitrogen and oxygen atoms in total. The molecule has 0 aliphatic carbocycles. The van der Waals surface area contributed by atoms with Crippen LogP contribution in [0.4, 0.5) is 4.39 Å². The van der Waals surface area contributed by atoms with Gasteiger partial charge in [-0.2, -0.15) is 0 Å². The fourth-order valence-electron chi connectivity index (χ4n) is 1.23. The molecule has 1 heteroatoms. The molecule has 0 aliphatic heterocycles. The maximum absolute atomic E-state index is 12.8. The molecule has 0 heterocycles. The van der Waals surface area contributed by atoms with Gasteiger partial charge in [-0.05, 0) is 29.2 Å². The summed E-state index contributed by atoms with van der Waals surface area (Å²) >= 11 is 0. The van der Waals surface area contributed by atoms with Crippen molar-refractivity contribution >= 4 is 6.08 Å². The highest BCUT2D eigenvalue weighted by Gasteiger charge is 2.04. The van der Waals surface area contributed by atoms with Gasteiger partial charge in [0.2, 0.25) is 0 Å². The molecule has 1 aromatic rings. The lowest BCUT2D eigenvalue weighted by Crippen LogP contribution is -1.92. The fraction of sp³-hybridized carbons (Fsp3) is 0.273. The Morgan fingerprint density at radius 2 is 2.08 bits per heavy atom. The van der Waals surface area contributed by atoms with Gasteiger partial charge in [0, 0.05) is 0 Å². The molecule has 64 valence electrons. The van der Waals surface area contributed by atoms with Gasteiger partial charge in [-0.1, -0.05) is 32.6 Å². The third-order valence-corrected chi connectivity index (χ3v) is 1.89. The fourth-order valence-corrected chi connectivity index (χ4v) is 1.23. The minimum absolute atomic E-state index is 0.177. The molecule has 12 heavy (non-hydrogen) atoms. The van der Waals surface area contributed by atoms with Crippen molar-refractivity contribution in [1.82, 2.24) is 0 Å². The molecule has 0 unspecified atom stereocenters. The summed E-state index contributed by atoms with van der Waals surface area (Å²) in [5.74, 6) is 0.165. The van der Waals surface area contributed by atoms with Crippen LogP contribution in [0.2, 0.25) is 0 Å². The zero-order valence-corrected chi connectivity index (χ0v) is 7.47. The first-order valence-electron chi connectivity index (χ1n) is 4.07. The van der Waals surface area contributed by atoms with Crippen LogP contribution in [0.15, 0.2) is 24.8 Å². The van der Waals surface area contributed by atoms with Gasteiger partial charge in [-0.25, -0.2) is 4.39 Å². The zero-order chi connectivity index (χ0) is 9.14. The number of halogens is 1. The molecule has 0 saturated carbocycles. The molecular formula is C11H13F. The van der Waals surface area contributed by atoms with Crippen molar-refractivity contribution in [1.29, 1.82) is 0 Å². The summed E-state index contributed by atoms with van der Waals surface area (Å²) in [6.45, 7) is 7.77. The van der Waals surface area contributed by atoms with E-state index in [1.807, 2.05) is 13.8 Å². The van der Waals surface area contributed by atoms with E-state index in [2.05, 4.69) is 6.58 Å². The first kappa shape index (κ1) is 8.98. The standard InChI is InChI=1S/C11H13F/c1-4-9-5-6-10(12)7-11(9)8(2)3/h4-8H,1H2,2-3H3. The van der Waals surface area contributed by atoms with Gasteiger partial charge < -0.3 is 0 Å². The van der Waals surface area contributed by atoms with Crippen molar-refractivity contribution in [3.05, 3.63) is 41.7 Å². The number of hydrogen-bond acceptors (Lipinski definition) is 0. The normalized spacial score (nSPS) is 10.3. The first-order valence-corrected chi connectivity index (χ1v) is 4.07. The van der Waals surface area contributed by atoms with Gasteiger partial charge in [-0.15, -0.1) is 0 Å². The van der Waals surface area contributed by atoms with Gasteiger partial charge in [0.15, 0.2) is 0 Å². The van der Waals surface area contributed by atoms with Crippen LogP contribution in [0.1, 0.15) is 30.9 Å². The summed E-state index contributed by atoms with van der Waals surface area (Å²) in [6, 6.07) is 4.79. The minimum atomic E-state index is -0.177. The van der Waals surface area contributed by atoms with Crippen LogP contribution in [-0.2, 0) is 0 Å². The topological polar surface area (TPSA) is 0 Å². The van der Waals surface area contributed by atoms with E-state index in [4.69, 9.17) is 0 Å². The monoisotopic (exact) mass is 164 g/mol. The van der Waals surface area contributed by atoms with Crippen molar-refractivity contribution in [2.45, 2.75) is 19.8 Å². The van der Waals surface area contributed by atoms with Crippen molar-refractivity contribution in [2.24, 2.45) is 0 Å². The predicted octanol–water partition coefficient (Wildman–Crippen LogP) is 3.59. The third kappa shape index (κ3) is 1.73. The minimum Gasteiger partial charge on any atom is -0.207 e. The third-order valence-electron chi connectivity index (χ3n) is 1.89. The smallest absolute Gasteiger partial charge is 0.123 e. The molecule has 0 spiro atoms. The molecular weight excluding hydrogens is 151 g/mol. The average Bonchev–Trinajstić information content (AvgIpc) is 2.04. The Kier molecular flexibility index (Phi) is 2.64.